The molecule has 0 saturated heterocycles. The number of amides is 2. The van der Waals surface area contributed by atoms with Crippen molar-refractivity contribution in [2.75, 3.05) is 7.11 Å². The summed E-state index contributed by atoms with van der Waals surface area (Å²) in [5.74, 6) is -0.415. The highest BCUT2D eigenvalue weighted by atomic mass is 32.2. The Morgan fingerprint density at radius 1 is 1.67 bits per heavy atom. The molecular weight excluding hydrogens is 238 g/mol. The van der Waals surface area contributed by atoms with Gasteiger partial charge in [0, 0.05) is 0 Å². The van der Waals surface area contributed by atoms with E-state index in [9.17, 15) is 9.59 Å². The molecule has 6 nitrogen and oxygen atoms in total. The zero-order valence-corrected chi connectivity index (χ0v) is 9.72. The molecule has 1 atom stereocenters. The van der Waals surface area contributed by atoms with Crippen LogP contribution in [0.3, 0.4) is 0 Å². The summed E-state index contributed by atoms with van der Waals surface area (Å²) < 4.78 is 4.98. The van der Waals surface area contributed by atoms with Crippen LogP contribution in [0.1, 0.15) is 6.92 Å². The third-order valence-electron chi connectivity index (χ3n) is 1.40. The maximum Gasteiger partial charge on any atom is 0.413 e. The summed E-state index contributed by atoms with van der Waals surface area (Å²) in [5, 5.41) is 9.07. The van der Waals surface area contributed by atoms with Crippen LogP contribution in [0.4, 0.5) is 4.79 Å². The number of imide groups is 1. The molecule has 15 heavy (non-hydrogen) atoms. The lowest BCUT2D eigenvalue weighted by atomic mass is 10.4. The van der Waals surface area contributed by atoms with Gasteiger partial charge in [-0.05, 0) is 6.92 Å². The number of carbonyl (C=O) groups excluding carboxylic acids is 2. The standard InChI is InChI=1S/C7H9N3O3S2/c1-4(5(11)9-6(12)13-2)15-7-10-8-3-14-7/h3-4H,1-2H3,(H,9,11,12)/t4-/m0/s1. The van der Waals surface area contributed by atoms with Gasteiger partial charge in [0.05, 0.1) is 12.4 Å². The van der Waals surface area contributed by atoms with Crippen molar-refractivity contribution in [1.82, 2.24) is 15.5 Å². The molecule has 0 aromatic carbocycles. The highest BCUT2D eigenvalue weighted by molar-refractivity contribution is 8.02. The number of hydrogen-bond donors (Lipinski definition) is 1. The summed E-state index contributed by atoms with van der Waals surface area (Å²) in [5.41, 5.74) is 1.58. The van der Waals surface area contributed by atoms with E-state index in [1.807, 2.05) is 0 Å². The van der Waals surface area contributed by atoms with Crippen LogP contribution in [-0.4, -0.2) is 34.6 Å². The fourth-order valence-electron chi connectivity index (χ4n) is 0.672. The van der Waals surface area contributed by atoms with Gasteiger partial charge in [0.2, 0.25) is 5.91 Å². The molecule has 0 aliphatic rings. The molecular formula is C7H9N3O3S2. The topological polar surface area (TPSA) is 81.2 Å². The van der Waals surface area contributed by atoms with E-state index in [0.717, 1.165) is 0 Å². The van der Waals surface area contributed by atoms with Crippen molar-refractivity contribution in [3.05, 3.63) is 5.51 Å². The Morgan fingerprint density at radius 2 is 2.40 bits per heavy atom. The SMILES string of the molecule is COC(=O)NC(=O)[C@H](C)Sc1nncs1. The second-order valence-electron chi connectivity index (χ2n) is 2.45. The molecule has 0 saturated carbocycles. The number of methoxy groups -OCH3 is 1. The van der Waals surface area contributed by atoms with Gasteiger partial charge in [-0.25, -0.2) is 4.79 Å². The first kappa shape index (κ1) is 11.9. The number of nitrogens with one attached hydrogen (secondary N) is 1. The molecule has 0 spiro atoms. The summed E-state index contributed by atoms with van der Waals surface area (Å²) in [6, 6.07) is 0. The third kappa shape index (κ3) is 3.84. The highest BCUT2D eigenvalue weighted by Crippen LogP contribution is 2.23. The van der Waals surface area contributed by atoms with Crippen LogP contribution in [0.15, 0.2) is 9.85 Å². The average molecular weight is 247 g/mol. The molecule has 0 radical (unpaired) electrons. The maximum atomic E-state index is 11.4. The predicted octanol–water partition coefficient (Wildman–Crippen LogP) is 0.901. The van der Waals surface area contributed by atoms with Crippen LogP contribution >= 0.6 is 23.1 Å². The molecule has 1 aromatic heterocycles. The normalized spacial score (nSPS) is 11.9. The molecule has 0 bridgehead atoms. The molecule has 1 aromatic rings. The minimum atomic E-state index is -0.760. The van der Waals surface area contributed by atoms with E-state index in [4.69, 9.17) is 0 Å². The monoisotopic (exact) mass is 247 g/mol. The van der Waals surface area contributed by atoms with Crippen LogP contribution in [0.2, 0.25) is 0 Å². The Morgan fingerprint density at radius 3 is 2.93 bits per heavy atom. The second-order valence-corrected chi connectivity index (χ2v) is 4.87. The maximum absolute atomic E-state index is 11.4. The Balaban J connectivity index is 2.43. The molecule has 0 unspecified atom stereocenters. The van der Waals surface area contributed by atoms with E-state index in [2.05, 4.69) is 20.3 Å². The third-order valence-corrected chi connectivity index (χ3v) is 3.31. The molecule has 1 heterocycles. The largest absolute Gasteiger partial charge is 0.453 e. The van der Waals surface area contributed by atoms with Crippen molar-refractivity contribution in [3.8, 4) is 0 Å². The van der Waals surface area contributed by atoms with Gasteiger partial charge >= 0.3 is 6.09 Å². The lowest BCUT2D eigenvalue weighted by Crippen LogP contribution is -2.35. The minimum absolute atomic E-state index is 0.415. The summed E-state index contributed by atoms with van der Waals surface area (Å²) in [4.78, 5) is 22.1. The van der Waals surface area contributed by atoms with E-state index in [1.54, 1.807) is 12.4 Å². The van der Waals surface area contributed by atoms with E-state index in [-0.39, 0.29) is 0 Å². The van der Waals surface area contributed by atoms with Crippen molar-refractivity contribution < 1.29 is 14.3 Å². The Hall–Kier alpha value is -1.15. The minimum Gasteiger partial charge on any atom is -0.453 e. The van der Waals surface area contributed by atoms with Gasteiger partial charge in [0.25, 0.3) is 0 Å². The second kappa shape index (κ2) is 5.66. The quantitative estimate of drug-likeness (QED) is 0.799. The lowest BCUT2D eigenvalue weighted by molar-refractivity contribution is -0.119. The molecule has 82 valence electrons. The van der Waals surface area contributed by atoms with Crippen LogP contribution in [0.25, 0.3) is 0 Å². The van der Waals surface area contributed by atoms with E-state index in [0.29, 0.717) is 4.34 Å². The van der Waals surface area contributed by atoms with Gasteiger partial charge in [0.1, 0.15) is 5.51 Å². The number of alkyl carbamates (subject to hydrolysis) is 1. The van der Waals surface area contributed by atoms with Crippen molar-refractivity contribution in [1.29, 1.82) is 0 Å². The smallest absolute Gasteiger partial charge is 0.413 e. The number of thioether (sulfide) groups is 1. The number of ether oxygens (including phenoxy) is 1. The van der Waals surface area contributed by atoms with E-state index >= 15 is 0 Å². The number of aromatic nitrogens is 2. The summed E-state index contributed by atoms with van der Waals surface area (Å²) in [6.07, 6.45) is -0.760. The Labute approximate surface area is 94.4 Å². The van der Waals surface area contributed by atoms with Crippen molar-refractivity contribution in [2.24, 2.45) is 0 Å². The number of rotatable bonds is 3. The molecule has 0 aliphatic carbocycles. The van der Waals surface area contributed by atoms with Gasteiger partial charge in [-0.3, -0.25) is 10.1 Å². The summed E-state index contributed by atoms with van der Waals surface area (Å²) >= 11 is 2.57. The average Bonchev–Trinajstić information content (AvgIpc) is 2.70. The molecule has 0 fully saturated rings. The Bertz CT molecular complexity index is 341. The first-order chi connectivity index (χ1) is 7.13. The van der Waals surface area contributed by atoms with Crippen molar-refractivity contribution in [3.63, 3.8) is 0 Å². The number of hydrogen-bond acceptors (Lipinski definition) is 7. The van der Waals surface area contributed by atoms with Crippen molar-refractivity contribution in [2.45, 2.75) is 16.5 Å². The van der Waals surface area contributed by atoms with Gasteiger partial charge < -0.3 is 4.74 Å². The molecule has 0 aliphatic heterocycles. The Kier molecular flexibility index (Phi) is 4.50. The first-order valence-electron chi connectivity index (χ1n) is 3.95. The van der Waals surface area contributed by atoms with Gasteiger partial charge in [0.15, 0.2) is 4.34 Å². The summed E-state index contributed by atoms with van der Waals surface area (Å²) in [7, 11) is 1.20. The molecule has 8 heteroatoms. The zero-order chi connectivity index (χ0) is 11.3. The van der Waals surface area contributed by atoms with Crippen LogP contribution in [-0.2, 0) is 9.53 Å². The zero-order valence-electron chi connectivity index (χ0n) is 8.09. The van der Waals surface area contributed by atoms with Crippen LogP contribution < -0.4 is 5.32 Å². The fourth-order valence-corrected chi connectivity index (χ4v) is 2.30. The number of nitrogens with zero attached hydrogens (tertiary/aromatic N) is 2. The van der Waals surface area contributed by atoms with Gasteiger partial charge in [-0.2, -0.15) is 0 Å². The van der Waals surface area contributed by atoms with Crippen LogP contribution in [0, 0.1) is 0 Å². The van der Waals surface area contributed by atoms with Gasteiger partial charge in [-0.1, -0.05) is 23.1 Å². The fraction of sp³-hybridized carbons (Fsp3) is 0.429. The van der Waals surface area contributed by atoms with Crippen molar-refractivity contribution >= 4 is 35.1 Å². The van der Waals surface area contributed by atoms with Gasteiger partial charge in [-0.15, -0.1) is 10.2 Å². The molecule has 2 amide bonds. The molecule has 1 N–H and O–H groups in total. The number of carbonyl (C=O) groups is 2. The van der Waals surface area contributed by atoms with E-state index in [1.165, 1.54) is 30.2 Å². The highest BCUT2D eigenvalue weighted by Gasteiger charge is 2.18. The van der Waals surface area contributed by atoms with Crippen LogP contribution in [0.5, 0.6) is 0 Å². The summed E-state index contributed by atoms with van der Waals surface area (Å²) in [6.45, 7) is 1.67. The lowest BCUT2D eigenvalue weighted by Gasteiger charge is -2.07. The van der Waals surface area contributed by atoms with E-state index < -0.39 is 17.3 Å². The first-order valence-corrected chi connectivity index (χ1v) is 5.71. The molecule has 1 rings (SSSR count). The predicted molar refractivity (Wildman–Crippen MR) is 55.8 cm³/mol.